The van der Waals surface area contributed by atoms with E-state index in [0.29, 0.717) is 12.0 Å². The molecule has 1 N–H and O–H groups in total. The number of aryl methyl sites for hydroxylation is 2. The van der Waals surface area contributed by atoms with Crippen LogP contribution < -0.4 is 11.2 Å². The van der Waals surface area contributed by atoms with Gasteiger partial charge in [0.2, 0.25) is 0 Å². The van der Waals surface area contributed by atoms with Gasteiger partial charge in [0.15, 0.2) is 0 Å². The maximum absolute atomic E-state index is 11.4. The summed E-state index contributed by atoms with van der Waals surface area (Å²) in [6, 6.07) is 0. The van der Waals surface area contributed by atoms with Gasteiger partial charge in [-0.2, -0.15) is 0 Å². The molecule has 0 atom stereocenters. The zero-order valence-electron chi connectivity index (χ0n) is 9.28. The van der Waals surface area contributed by atoms with Crippen LogP contribution in [-0.2, 0) is 22.5 Å². The van der Waals surface area contributed by atoms with Crippen molar-refractivity contribution in [1.82, 2.24) is 9.55 Å². The Bertz CT molecular complexity index is 486. The summed E-state index contributed by atoms with van der Waals surface area (Å²) in [6.45, 7) is 2.02. The summed E-state index contributed by atoms with van der Waals surface area (Å²) >= 11 is 0. The van der Waals surface area contributed by atoms with Crippen molar-refractivity contribution in [2.45, 2.75) is 26.3 Å². The van der Waals surface area contributed by atoms with Crippen LogP contribution in [0, 0.1) is 0 Å². The van der Waals surface area contributed by atoms with Crippen LogP contribution in [0.5, 0.6) is 0 Å². The van der Waals surface area contributed by atoms with E-state index in [1.165, 1.54) is 17.9 Å². The quantitative estimate of drug-likeness (QED) is 0.712. The Labute approximate surface area is 91.9 Å². The summed E-state index contributed by atoms with van der Waals surface area (Å²) in [5, 5.41) is 0. The van der Waals surface area contributed by atoms with Gasteiger partial charge in [-0.3, -0.25) is 19.1 Å². The molecule has 1 rings (SSSR count). The number of esters is 1. The average molecular weight is 226 g/mol. The Morgan fingerprint density at radius 1 is 1.50 bits per heavy atom. The fourth-order valence-corrected chi connectivity index (χ4v) is 1.29. The molecule has 16 heavy (non-hydrogen) atoms. The lowest BCUT2D eigenvalue weighted by molar-refractivity contribution is -0.140. The van der Waals surface area contributed by atoms with Crippen LogP contribution in [0.25, 0.3) is 0 Å². The molecule has 0 fully saturated rings. The van der Waals surface area contributed by atoms with Crippen molar-refractivity contribution in [3.63, 3.8) is 0 Å². The maximum Gasteiger partial charge on any atom is 0.328 e. The first-order valence-corrected chi connectivity index (χ1v) is 4.98. The standard InChI is InChI=1S/C10H14N2O4/c1-3-7-6-12(5-4-8(13)16-2)10(15)11-9(7)14/h6H,3-5H2,1-2H3,(H,11,14,15). The summed E-state index contributed by atoms with van der Waals surface area (Å²) < 4.78 is 5.77. The number of nitrogens with zero attached hydrogens (tertiary/aromatic N) is 1. The first kappa shape index (κ1) is 12.2. The average Bonchev–Trinajstić information content (AvgIpc) is 2.27. The summed E-state index contributed by atoms with van der Waals surface area (Å²) in [5.74, 6) is -0.392. The molecule has 0 unspecified atom stereocenters. The number of hydrogen-bond acceptors (Lipinski definition) is 4. The van der Waals surface area contributed by atoms with Gasteiger partial charge >= 0.3 is 11.7 Å². The Balaban J connectivity index is 2.92. The molecule has 0 aliphatic rings. The predicted molar refractivity (Wildman–Crippen MR) is 57.3 cm³/mol. The van der Waals surface area contributed by atoms with E-state index in [4.69, 9.17) is 0 Å². The SMILES string of the molecule is CCc1cn(CCC(=O)OC)c(=O)[nH]c1=O. The van der Waals surface area contributed by atoms with Crippen molar-refractivity contribution in [2.75, 3.05) is 7.11 Å². The normalized spacial score (nSPS) is 10.1. The number of rotatable bonds is 4. The first-order valence-electron chi connectivity index (χ1n) is 4.98. The van der Waals surface area contributed by atoms with E-state index in [2.05, 4.69) is 9.72 Å². The van der Waals surface area contributed by atoms with Crippen molar-refractivity contribution in [2.24, 2.45) is 0 Å². The van der Waals surface area contributed by atoms with Gasteiger partial charge in [-0.1, -0.05) is 6.92 Å². The van der Waals surface area contributed by atoms with E-state index >= 15 is 0 Å². The second-order valence-electron chi connectivity index (χ2n) is 3.29. The van der Waals surface area contributed by atoms with Gasteiger partial charge in [0.25, 0.3) is 5.56 Å². The molecule has 0 aromatic carbocycles. The summed E-state index contributed by atoms with van der Waals surface area (Å²) in [7, 11) is 1.29. The van der Waals surface area contributed by atoms with E-state index in [1.807, 2.05) is 6.92 Å². The summed E-state index contributed by atoms with van der Waals surface area (Å²) in [5.41, 5.74) is -0.364. The third kappa shape index (κ3) is 2.82. The number of aromatic nitrogens is 2. The fraction of sp³-hybridized carbons (Fsp3) is 0.500. The third-order valence-electron chi connectivity index (χ3n) is 2.25. The topological polar surface area (TPSA) is 81.2 Å². The molecule has 1 aromatic heterocycles. The number of hydrogen-bond donors (Lipinski definition) is 1. The second-order valence-corrected chi connectivity index (χ2v) is 3.29. The van der Waals surface area contributed by atoms with Gasteiger partial charge in [0.1, 0.15) is 0 Å². The molecule has 1 heterocycles. The molecule has 0 aliphatic carbocycles. The lowest BCUT2D eigenvalue weighted by Crippen LogP contribution is -2.32. The van der Waals surface area contributed by atoms with E-state index in [9.17, 15) is 14.4 Å². The van der Waals surface area contributed by atoms with Crippen molar-refractivity contribution in [3.05, 3.63) is 32.6 Å². The molecule has 6 heteroatoms. The van der Waals surface area contributed by atoms with Gasteiger partial charge in [0.05, 0.1) is 13.5 Å². The summed E-state index contributed by atoms with van der Waals surface area (Å²) in [4.78, 5) is 35.7. The Kier molecular flexibility index (Phi) is 4.04. The lowest BCUT2D eigenvalue weighted by atomic mass is 10.2. The smallest absolute Gasteiger partial charge is 0.328 e. The van der Waals surface area contributed by atoms with E-state index in [1.54, 1.807) is 0 Å². The molecule has 0 radical (unpaired) electrons. The molecular formula is C10H14N2O4. The van der Waals surface area contributed by atoms with Crippen LogP contribution in [0.2, 0.25) is 0 Å². The largest absolute Gasteiger partial charge is 0.469 e. The molecule has 0 spiro atoms. The zero-order valence-corrected chi connectivity index (χ0v) is 9.28. The van der Waals surface area contributed by atoms with Gasteiger partial charge < -0.3 is 4.74 Å². The highest BCUT2D eigenvalue weighted by atomic mass is 16.5. The minimum Gasteiger partial charge on any atom is -0.469 e. The van der Waals surface area contributed by atoms with Crippen LogP contribution in [-0.4, -0.2) is 22.6 Å². The molecule has 1 aromatic rings. The number of ether oxygens (including phenoxy) is 1. The zero-order chi connectivity index (χ0) is 12.1. The van der Waals surface area contributed by atoms with Gasteiger partial charge in [-0.05, 0) is 6.42 Å². The predicted octanol–water partition coefficient (Wildman–Crippen LogP) is -0.338. The van der Waals surface area contributed by atoms with Crippen molar-refractivity contribution < 1.29 is 9.53 Å². The highest BCUT2D eigenvalue weighted by Gasteiger charge is 2.05. The van der Waals surface area contributed by atoms with Crippen LogP contribution in [0.1, 0.15) is 18.9 Å². The van der Waals surface area contributed by atoms with E-state index < -0.39 is 11.7 Å². The fourth-order valence-electron chi connectivity index (χ4n) is 1.29. The molecule has 0 amide bonds. The number of carbonyl (C=O) groups excluding carboxylic acids is 1. The molecule has 0 aliphatic heterocycles. The number of carbonyl (C=O) groups is 1. The number of aromatic amines is 1. The van der Waals surface area contributed by atoms with Crippen LogP contribution >= 0.6 is 0 Å². The van der Waals surface area contributed by atoms with E-state index in [-0.39, 0.29) is 18.5 Å². The minimum absolute atomic E-state index is 0.103. The number of methoxy groups -OCH3 is 1. The Hall–Kier alpha value is -1.85. The van der Waals surface area contributed by atoms with Gasteiger partial charge in [-0.25, -0.2) is 4.79 Å². The molecule has 6 nitrogen and oxygen atoms in total. The molecular weight excluding hydrogens is 212 g/mol. The third-order valence-corrected chi connectivity index (χ3v) is 2.25. The molecule has 88 valence electrons. The summed E-state index contributed by atoms with van der Waals surface area (Å²) in [6.07, 6.45) is 2.11. The Morgan fingerprint density at radius 2 is 2.19 bits per heavy atom. The minimum atomic E-state index is -0.508. The monoisotopic (exact) mass is 226 g/mol. The molecule has 0 saturated heterocycles. The highest BCUT2D eigenvalue weighted by Crippen LogP contribution is 1.92. The number of H-pyrrole nitrogens is 1. The van der Waals surface area contributed by atoms with Gasteiger partial charge in [-0.15, -0.1) is 0 Å². The van der Waals surface area contributed by atoms with Crippen LogP contribution in [0.15, 0.2) is 15.8 Å². The van der Waals surface area contributed by atoms with Crippen LogP contribution in [0.3, 0.4) is 0 Å². The van der Waals surface area contributed by atoms with Crippen LogP contribution in [0.4, 0.5) is 0 Å². The first-order chi connectivity index (χ1) is 7.58. The van der Waals surface area contributed by atoms with Crippen molar-refractivity contribution in [3.8, 4) is 0 Å². The molecule has 0 bridgehead atoms. The second kappa shape index (κ2) is 5.29. The lowest BCUT2D eigenvalue weighted by Gasteiger charge is -2.05. The Morgan fingerprint density at radius 3 is 2.75 bits per heavy atom. The van der Waals surface area contributed by atoms with Crippen molar-refractivity contribution in [1.29, 1.82) is 0 Å². The van der Waals surface area contributed by atoms with E-state index in [0.717, 1.165) is 0 Å². The maximum atomic E-state index is 11.4. The molecule has 0 saturated carbocycles. The number of nitrogens with one attached hydrogen (secondary N) is 1. The van der Waals surface area contributed by atoms with Gasteiger partial charge in [0, 0.05) is 18.3 Å². The van der Waals surface area contributed by atoms with Crippen molar-refractivity contribution >= 4 is 5.97 Å². The highest BCUT2D eigenvalue weighted by molar-refractivity contribution is 5.68.